The highest BCUT2D eigenvalue weighted by molar-refractivity contribution is 6.73. The summed E-state index contributed by atoms with van der Waals surface area (Å²) in [5.74, 6) is 0. The first-order valence-corrected chi connectivity index (χ1v) is 12.7. The van der Waals surface area contributed by atoms with E-state index in [2.05, 4.69) is 32.7 Å². The molecule has 0 aliphatic carbocycles. The van der Waals surface area contributed by atoms with Gasteiger partial charge in [0.05, 0.1) is 29.4 Å². The summed E-state index contributed by atoms with van der Waals surface area (Å²) in [6.45, 7) is 10.8. The summed E-state index contributed by atoms with van der Waals surface area (Å²) in [6.07, 6.45) is 6.47. The second kappa shape index (κ2) is 9.18. The maximum absolute atomic E-state index is 6.81. The van der Waals surface area contributed by atoms with Crippen molar-refractivity contribution in [2.45, 2.75) is 71.2 Å². The Kier molecular flexibility index (Phi) is 7.78. The van der Waals surface area contributed by atoms with Crippen LogP contribution in [0.1, 0.15) is 58.6 Å². The Labute approximate surface area is 163 Å². The molecule has 1 aromatic heterocycles. The van der Waals surface area contributed by atoms with Crippen molar-refractivity contribution in [1.29, 1.82) is 0 Å². The van der Waals surface area contributed by atoms with Gasteiger partial charge in [0.25, 0.3) is 0 Å². The van der Waals surface area contributed by atoms with Gasteiger partial charge in [-0.05, 0) is 37.4 Å². The van der Waals surface area contributed by atoms with E-state index < -0.39 is 8.32 Å². The molecule has 1 atom stereocenters. The van der Waals surface area contributed by atoms with Crippen LogP contribution in [-0.4, -0.2) is 26.5 Å². The minimum absolute atomic E-state index is 0.0425. The van der Waals surface area contributed by atoms with Gasteiger partial charge in [0.2, 0.25) is 0 Å². The number of pyridine rings is 1. The number of hydrogen-bond acceptors (Lipinski definition) is 3. The first-order valence-electron chi connectivity index (χ1n) is 9.43. The fourth-order valence-electron chi connectivity index (χ4n) is 3.60. The van der Waals surface area contributed by atoms with Crippen molar-refractivity contribution in [2.24, 2.45) is 5.41 Å². The SMILES string of the molecule is CC[Si](CC)(CC)OC(CCCC1(C)COC1)c1c(Cl)cncc1Cl. The van der Waals surface area contributed by atoms with Gasteiger partial charge in [-0.25, -0.2) is 0 Å². The van der Waals surface area contributed by atoms with E-state index in [1.807, 2.05) is 0 Å². The summed E-state index contributed by atoms with van der Waals surface area (Å²) in [7, 11) is -1.76. The molecule has 2 rings (SSSR count). The van der Waals surface area contributed by atoms with Gasteiger partial charge in [0.1, 0.15) is 0 Å². The molecule has 0 saturated carbocycles. The Bertz CT molecular complexity index is 534. The predicted molar refractivity (Wildman–Crippen MR) is 108 cm³/mol. The third-order valence-electron chi connectivity index (χ3n) is 5.69. The number of nitrogens with zero attached hydrogens (tertiary/aromatic N) is 1. The lowest BCUT2D eigenvalue weighted by Crippen LogP contribution is -2.40. The summed E-state index contributed by atoms with van der Waals surface area (Å²) in [4.78, 5) is 4.10. The fraction of sp³-hybridized carbons (Fsp3) is 0.737. The molecule has 0 spiro atoms. The summed E-state index contributed by atoms with van der Waals surface area (Å²) >= 11 is 12.9. The Morgan fingerprint density at radius 3 is 2.16 bits per heavy atom. The first-order chi connectivity index (χ1) is 11.9. The molecule has 142 valence electrons. The van der Waals surface area contributed by atoms with Gasteiger partial charge >= 0.3 is 0 Å². The number of ether oxygens (including phenoxy) is 1. The zero-order chi connectivity index (χ0) is 18.5. The van der Waals surface area contributed by atoms with Gasteiger partial charge in [-0.1, -0.05) is 50.9 Å². The highest BCUT2D eigenvalue weighted by Crippen LogP contribution is 2.40. The van der Waals surface area contributed by atoms with Crippen molar-refractivity contribution in [3.63, 3.8) is 0 Å². The Morgan fingerprint density at radius 1 is 1.16 bits per heavy atom. The minimum Gasteiger partial charge on any atom is -0.410 e. The maximum atomic E-state index is 6.81. The molecule has 0 amide bonds. The lowest BCUT2D eigenvalue weighted by Gasteiger charge is -2.39. The molecule has 1 aliphatic rings. The summed E-state index contributed by atoms with van der Waals surface area (Å²) in [6, 6.07) is 3.34. The topological polar surface area (TPSA) is 31.4 Å². The van der Waals surface area contributed by atoms with E-state index in [1.54, 1.807) is 12.4 Å². The van der Waals surface area contributed by atoms with Crippen LogP contribution in [0, 0.1) is 5.41 Å². The van der Waals surface area contributed by atoms with E-state index >= 15 is 0 Å². The third kappa shape index (κ3) is 5.20. The average molecular weight is 404 g/mol. The molecule has 6 heteroatoms. The Hall–Kier alpha value is -0.133. The zero-order valence-electron chi connectivity index (χ0n) is 15.9. The summed E-state index contributed by atoms with van der Waals surface area (Å²) < 4.78 is 12.2. The van der Waals surface area contributed by atoms with Crippen molar-refractivity contribution < 1.29 is 9.16 Å². The molecule has 0 radical (unpaired) electrons. The van der Waals surface area contributed by atoms with E-state index in [9.17, 15) is 0 Å². The van der Waals surface area contributed by atoms with Crippen LogP contribution < -0.4 is 0 Å². The highest BCUT2D eigenvalue weighted by Gasteiger charge is 2.36. The van der Waals surface area contributed by atoms with Crippen LogP contribution in [0.15, 0.2) is 12.4 Å². The van der Waals surface area contributed by atoms with Crippen molar-refractivity contribution in [3.05, 3.63) is 28.0 Å². The van der Waals surface area contributed by atoms with Gasteiger partial charge < -0.3 is 9.16 Å². The number of hydrogen-bond donors (Lipinski definition) is 0. The molecule has 1 unspecified atom stereocenters. The molecule has 1 aliphatic heterocycles. The van der Waals surface area contributed by atoms with Crippen LogP contribution in [0.4, 0.5) is 0 Å². The Balaban J connectivity index is 2.18. The molecular weight excluding hydrogens is 373 g/mol. The zero-order valence-corrected chi connectivity index (χ0v) is 18.4. The van der Waals surface area contributed by atoms with Crippen LogP contribution in [0.3, 0.4) is 0 Å². The summed E-state index contributed by atoms with van der Waals surface area (Å²) in [5, 5.41) is 1.23. The third-order valence-corrected chi connectivity index (χ3v) is 10.9. The molecule has 0 N–H and O–H groups in total. The Morgan fingerprint density at radius 2 is 1.72 bits per heavy atom. The predicted octanol–water partition coefficient (Wildman–Crippen LogP) is 6.66. The molecule has 1 saturated heterocycles. The van der Waals surface area contributed by atoms with Gasteiger partial charge in [-0.2, -0.15) is 0 Å². The second-order valence-corrected chi connectivity index (χ2v) is 13.1. The van der Waals surface area contributed by atoms with Crippen molar-refractivity contribution in [3.8, 4) is 0 Å². The fourth-order valence-corrected chi connectivity index (χ4v) is 7.05. The molecule has 0 aromatic carbocycles. The smallest absolute Gasteiger partial charge is 0.192 e. The van der Waals surface area contributed by atoms with Gasteiger partial charge in [-0.3, -0.25) is 4.98 Å². The van der Waals surface area contributed by atoms with E-state index in [4.69, 9.17) is 32.4 Å². The quantitative estimate of drug-likeness (QED) is 0.409. The van der Waals surface area contributed by atoms with Crippen molar-refractivity contribution >= 4 is 31.5 Å². The number of aromatic nitrogens is 1. The standard InChI is InChI=1S/C19H31Cl2NO2Si/c1-5-25(6-2,7-3)24-17(9-8-10-19(4)13-23-14-19)18-15(20)11-22-12-16(18)21/h11-12,17H,5-10,13-14H2,1-4H3. The van der Waals surface area contributed by atoms with Gasteiger partial charge in [0, 0.05) is 23.4 Å². The van der Waals surface area contributed by atoms with Crippen molar-refractivity contribution in [2.75, 3.05) is 13.2 Å². The van der Waals surface area contributed by atoms with Crippen molar-refractivity contribution in [1.82, 2.24) is 4.98 Å². The van der Waals surface area contributed by atoms with Crippen LogP contribution in [0.2, 0.25) is 28.2 Å². The minimum atomic E-state index is -1.76. The molecule has 0 bridgehead atoms. The second-order valence-electron chi connectivity index (χ2n) is 7.56. The monoisotopic (exact) mass is 403 g/mol. The van der Waals surface area contributed by atoms with E-state index in [0.29, 0.717) is 15.5 Å². The largest absolute Gasteiger partial charge is 0.410 e. The highest BCUT2D eigenvalue weighted by atomic mass is 35.5. The van der Waals surface area contributed by atoms with Crippen LogP contribution >= 0.6 is 23.2 Å². The molecule has 25 heavy (non-hydrogen) atoms. The summed E-state index contributed by atoms with van der Waals surface area (Å²) in [5.41, 5.74) is 1.24. The van der Waals surface area contributed by atoms with E-state index in [-0.39, 0.29) is 6.10 Å². The van der Waals surface area contributed by atoms with E-state index in [1.165, 1.54) is 0 Å². The van der Waals surface area contributed by atoms with E-state index in [0.717, 1.165) is 56.2 Å². The lowest BCUT2D eigenvalue weighted by molar-refractivity contribution is -0.107. The van der Waals surface area contributed by atoms with Crippen LogP contribution in [-0.2, 0) is 9.16 Å². The maximum Gasteiger partial charge on any atom is 0.192 e. The lowest BCUT2D eigenvalue weighted by atomic mass is 9.82. The molecule has 1 aromatic rings. The first kappa shape index (κ1) is 21.2. The average Bonchev–Trinajstić information content (AvgIpc) is 2.57. The van der Waals surface area contributed by atoms with Crippen LogP contribution in [0.5, 0.6) is 0 Å². The molecular formula is C19H31Cl2NO2Si. The van der Waals surface area contributed by atoms with Gasteiger partial charge in [-0.15, -0.1) is 0 Å². The number of halogens is 2. The number of rotatable bonds is 10. The normalized spacial score (nSPS) is 18.0. The molecule has 1 fully saturated rings. The van der Waals surface area contributed by atoms with Crippen LogP contribution in [0.25, 0.3) is 0 Å². The molecule has 3 nitrogen and oxygen atoms in total. The molecule has 2 heterocycles. The van der Waals surface area contributed by atoms with Gasteiger partial charge in [0.15, 0.2) is 8.32 Å².